The largest absolute Gasteiger partial charge is 0.421 e. The number of halogens is 3. The summed E-state index contributed by atoms with van der Waals surface area (Å²) in [4.78, 5) is 55.8. The number of hydrogen-bond donors (Lipinski definition) is 6. The fraction of sp³-hybridized carbons (Fsp3) is 0.241. The van der Waals surface area contributed by atoms with Crippen LogP contribution in [0.4, 0.5) is 53.4 Å². The van der Waals surface area contributed by atoms with Gasteiger partial charge in [-0.15, -0.1) is 0 Å². The van der Waals surface area contributed by atoms with Gasteiger partial charge in [-0.1, -0.05) is 26.0 Å². The predicted molar refractivity (Wildman–Crippen MR) is 161 cm³/mol. The summed E-state index contributed by atoms with van der Waals surface area (Å²) in [6, 6.07) is 12.3. The Morgan fingerprint density at radius 1 is 0.864 bits per heavy atom. The number of carbonyl (C=O) groups excluding carboxylic acids is 2. The maximum absolute atomic E-state index is 13.7. The Balaban J connectivity index is 1.47. The average molecular weight is 611 g/mol. The molecule has 6 N–H and O–H groups in total. The average Bonchev–Trinajstić information content (AvgIpc) is 3.00. The molecule has 44 heavy (non-hydrogen) atoms. The smallest absolute Gasteiger partial charge is 0.378 e. The lowest BCUT2D eigenvalue weighted by atomic mass is 10.1. The van der Waals surface area contributed by atoms with E-state index in [0.717, 1.165) is 0 Å². The first-order chi connectivity index (χ1) is 20.9. The fourth-order valence-corrected chi connectivity index (χ4v) is 3.96. The van der Waals surface area contributed by atoms with Crippen molar-refractivity contribution in [1.82, 2.24) is 20.6 Å². The molecule has 0 fully saturated rings. The Kier molecular flexibility index (Phi) is 9.46. The van der Waals surface area contributed by atoms with Crippen LogP contribution >= 0.6 is 0 Å². The van der Waals surface area contributed by atoms with Gasteiger partial charge >= 0.3 is 6.18 Å². The quantitative estimate of drug-likeness (QED) is 0.102. The minimum atomic E-state index is -4.78. The van der Waals surface area contributed by atoms with Crippen LogP contribution < -0.4 is 42.8 Å². The number of amides is 2. The van der Waals surface area contributed by atoms with Crippen LogP contribution in [0.3, 0.4) is 0 Å². The number of nitrogens with one attached hydrogen (secondary N) is 6. The molecule has 230 valence electrons. The number of nitrogens with zero attached hydrogens (tertiary/aromatic N) is 2. The van der Waals surface area contributed by atoms with E-state index in [4.69, 9.17) is 0 Å². The van der Waals surface area contributed by atoms with Gasteiger partial charge in [-0.05, 0) is 36.4 Å². The van der Waals surface area contributed by atoms with Gasteiger partial charge in [0.15, 0.2) is 0 Å². The molecule has 2 amide bonds. The molecule has 1 aromatic heterocycles. The zero-order valence-corrected chi connectivity index (χ0v) is 23.8. The standard InChI is InChI=1S/C29H29F3N8O4/c1-15(2)26(43)35-13-12-34-21-22(24(42)23(21)41)37-16-8-10-17(11-9-16)38-28-36-14-19(29(30,31)32)25(40-28)39-20-7-5-4-6-18(20)27(44)33-3/h4-11,14-15,34,37H,12-13H2,1-3H3,(H,33,44)(H,35,43)(H2,36,38,39,40). The monoisotopic (exact) mass is 610 g/mol. The van der Waals surface area contributed by atoms with Gasteiger partial charge in [0.2, 0.25) is 11.9 Å². The molecule has 4 aromatic rings. The highest BCUT2D eigenvalue weighted by Gasteiger charge is 2.35. The second-order valence-corrected chi connectivity index (χ2v) is 9.81. The zero-order chi connectivity index (χ0) is 32.0. The molecule has 0 atom stereocenters. The summed E-state index contributed by atoms with van der Waals surface area (Å²) in [5, 5.41) is 16.3. The van der Waals surface area contributed by atoms with E-state index < -0.39 is 34.3 Å². The molecule has 0 unspecified atom stereocenters. The summed E-state index contributed by atoms with van der Waals surface area (Å²) in [6.07, 6.45) is -4.15. The van der Waals surface area contributed by atoms with Crippen molar-refractivity contribution in [3.63, 3.8) is 0 Å². The first-order valence-corrected chi connectivity index (χ1v) is 13.4. The van der Waals surface area contributed by atoms with Crippen molar-refractivity contribution >= 4 is 52.0 Å². The molecule has 1 heterocycles. The first-order valence-electron chi connectivity index (χ1n) is 13.4. The Labute approximate surface area is 249 Å². The van der Waals surface area contributed by atoms with Crippen molar-refractivity contribution in [3.8, 4) is 0 Å². The summed E-state index contributed by atoms with van der Waals surface area (Å²) < 4.78 is 41.2. The van der Waals surface area contributed by atoms with Crippen LogP contribution in [-0.4, -0.2) is 41.9 Å². The maximum atomic E-state index is 13.7. The van der Waals surface area contributed by atoms with Crippen molar-refractivity contribution < 1.29 is 22.8 Å². The van der Waals surface area contributed by atoms with Gasteiger partial charge in [0, 0.05) is 43.6 Å². The molecule has 4 rings (SSSR count). The number of para-hydroxylation sites is 1. The number of aromatic nitrogens is 2. The minimum absolute atomic E-state index is 0.0738. The van der Waals surface area contributed by atoms with Crippen LogP contribution in [0.5, 0.6) is 0 Å². The predicted octanol–water partition coefficient (Wildman–Crippen LogP) is 3.87. The highest BCUT2D eigenvalue weighted by Crippen LogP contribution is 2.36. The highest BCUT2D eigenvalue weighted by molar-refractivity contribution is 6.00. The van der Waals surface area contributed by atoms with Gasteiger partial charge in [-0.3, -0.25) is 19.2 Å². The normalized spacial score (nSPS) is 11.2. The van der Waals surface area contributed by atoms with Crippen molar-refractivity contribution in [2.24, 2.45) is 5.92 Å². The van der Waals surface area contributed by atoms with E-state index in [2.05, 4.69) is 41.9 Å². The van der Waals surface area contributed by atoms with E-state index in [1.807, 2.05) is 0 Å². The number of anilines is 7. The third-order valence-corrected chi connectivity index (χ3v) is 6.32. The number of hydrogen-bond acceptors (Lipinski definition) is 10. The third kappa shape index (κ3) is 7.29. The molecule has 0 saturated heterocycles. The van der Waals surface area contributed by atoms with Gasteiger partial charge in [-0.25, -0.2) is 4.98 Å². The summed E-state index contributed by atoms with van der Waals surface area (Å²) in [5.41, 5.74) is -1.22. The lowest BCUT2D eigenvalue weighted by molar-refractivity contribution is -0.137. The molecule has 0 saturated carbocycles. The molecule has 0 radical (unpaired) electrons. The van der Waals surface area contributed by atoms with Crippen LogP contribution in [0.1, 0.15) is 29.8 Å². The molecular formula is C29H29F3N8O4. The second-order valence-electron chi connectivity index (χ2n) is 9.81. The van der Waals surface area contributed by atoms with E-state index >= 15 is 0 Å². The van der Waals surface area contributed by atoms with Crippen molar-refractivity contribution in [1.29, 1.82) is 0 Å². The summed E-state index contributed by atoms with van der Waals surface area (Å²) >= 11 is 0. The van der Waals surface area contributed by atoms with Crippen LogP contribution in [-0.2, 0) is 11.0 Å². The maximum Gasteiger partial charge on any atom is 0.421 e. The second kappa shape index (κ2) is 13.2. The van der Waals surface area contributed by atoms with Crippen LogP contribution in [0.2, 0.25) is 0 Å². The SMILES string of the molecule is CNC(=O)c1ccccc1Nc1nc(Nc2ccc(Nc3c(NCCNC(=O)C(C)C)c(=O)c3=O)cc2)ncc1C(F)(F)F. The Bertz CT molecular complexity index is 1730. The highest BCUT2D eigenvalue weighted by atomic mass is 19.4. The Morgan fingerprint density at radius 3 is 2.14 bits per heavy atom. The van der Waals surface area contributed by atoms with Crippen LogP contribution in [0.25, 0.3) is 0 Å². The molecule has 0 aliphatic carbocycles. The molecule has 15 heteroatoms. The van der Waals surface area contributed by atoms with Gasteiger partial charge in [0.25, 0.3) is 16.8 Å². The number of rotatable bonds is 12. The first kappa shape index (κ1) is 31.5. The van der Waals surface area contributed by atoms with E-state index in [-0.39, 0.29) is 53.5 Å². The van der Waals surface area contributed by atoms with Crippen molar-refractivity contribution in [2.45, 2.75) is 20.0 Å². The number of carbonyl (C=O) groups is 2. The van der Waals surface area contributed by atoms with E-state index in [1.165, 1.54) is 19.2 Å². The molecular weight excluding hydrogens is 581 g/mol. The lowest BCUT2D eigenvalue weighted by Crippen LogP contribution is -2.38. The lowest BCUT2D eigenvalue weighted by Gasteiger charge is -2.17. The van der Waals surface area contributed by atoms with E-state index in [9.17, 15) is 32.3 Å². The molecule has 0 aliphatic heterocycles. The molecule has 12 nitrogen and oxygen atoms in total. The molecule has 0 bridgehead atoms. The topological polar surface area (TPSA) is 166 Å². The van der Waals surface area contributed by atoms with E-state index in [0.29, 0.717) is 17.6 Å². The number of alkyl halides is 3. The fourth-order valence-electron chi connectivity index (χ4n) is 3.96. The Hall–Kier alpha value is -5.47. The summed E-state index contributed by atoms with van der Waals surface area (Å²) in [7, 11) is 1.40. The molecule has 0 aliphatic rings. The van der Waals surface area contributed by atoms with Gasteiger partial charge < -0.3 is 31.9 Å². The van der Waals surface area contributed by atoms with E-state index in [1.54, 1.807) is 50.2 Å². The number of benzene rings is 2. The minimum Gasteiger partial charge on any atom is -0.378 e. The van der Waals surface area contributed by atoms with Crippen LogP contribution in [0, 0.1) is 5.92 Å². The van der Waals surface area contributed by atoms with Crippen molar-refractivity contribution in [2.75, 3.05) is 41.4 Å². The van der Waals surface area contributed by atoms with Crippen LogP contribution in [0.15, 0.2) is 64.3 Å². The Morgan fingerprint density at radius 2 is 1.50 bits per heavy atom. The third-order valence-electron chi connectivity index (χ3n) is 6.32. The zero-order valence-electron chi connectivity index (χ0n) is 23.8. The van der Waals surface area contributed by atoms with Gasteiger partial charge in [0.05, 0.1) is 11.3 Å². The van der Waals surface area contributed by atoms with Gasteiger partial charge in [-0.2, -0.15) is 18.2 Å². The molecule has 3 aromatic carbocycles. The summed E-state index contributed by atoms with van der Waals surface area (Å²) in [5.74, 6) is -1.53. The van der Waals surface area contributed by atoms with Gasteiger partial charge in [0.1, 0.15) is 22.8 Å². The van der Waals surface area contributed by atoms with Crippen molar-refractivity contribution in [3.05, 3.63) is 86.3 Å². The summed E-state index contributed by atoms with van der Waals surface area (Å²) in [6.45, 7) is 4.01. The molecule has 0 spiro atoms.